The standard InChI is InChI=1S/C20H22N2O5S/c1-17-12-20(23)22(16-27-14-19-10-6-3-7-11-19)28(24,25)21(17)15-26-13-18-8-4-2-5-9-18/h2-12H,13-16H2,1H3. The highest BCUT2D eigenvalue weighted by atomic mass is 32.2. The van der Waals surface area contributed by atoms with Crippen LogP contribution in [0.4, 0.5) is 0 Å². The average molecular weight is 402 g/mol. The average Bonchev–Trinajstić information content (AvgIpc) is 2.68. The molecule has 8 heteroatoms. The van der Waals surface area contributed by atoms with E-state index < -0.39 is 16.1 Å². The van der Waals surface area contributed by atoms with Crippen LogP contribution in [-0.4, -0.2) is 36.4 Å². The molecule has 2 aromatic rings. The fourth-order valence-corrected chi connectivity index (χ4v) is 4.03. The van der Waals surface area contributed by atoms with Crippen molar-refractivity contribution in [3.05, 3.63) is 83.6 Å². The summed E-state index contributed by atoms with van der Waals surface area (Å²) < 4.78 is 38.5. The lowest BCUT2D eigenvalue weighted by molar-refractivity contribution is -0.126. The van der Waals surface area contributed by atoms with Crippen molar-refractivity contribution >= 4 is 16.1 Å². The van der Waals surface area contributed by atoms with E-state index in [0.717, 1.165) is 15.4 Å². The van der Waals surface area contributed by atoms with Crippen molar-refractivity contribution in [2.24, 2.45) is 0 Å². The molecule has 0 fully saturated rings. The number of hydrogen-bond donors (Lipinski definition) is 0. The normalized spacial score (nSPS) is 16.2. The molecule has 0 spiro atoms. The number of carbonyl (C=O) groups excluding carboxylic acids is 1. The zero-order valence-electron chi connectivity index (χ0n) is 15.5. The predicted octanol–water partition coefficient (Wildman–Crippen LogP) is 2.63. The Hall–Kier alpha value is -2.68. The van der Waals surface area contributed by atoms with Crippen molar-refractivity contribution in [1.82, 2.24) is 8.61 Å². The Kier molecular flexibility index (Phi) is 6.45. The molecule has 0 atom stereocenters. The minimum Gasteiger partial charge on any atom is -0.355 e. The molecule has 0 aliphatic carbocycles. The van der Waals surface area contributed by atoms with Crippen LogP contribution in [0.1, 0.15) is 18.1 Å². The molecule has 7 nitrogen and oxygen atoms in total. The van der Waals surface area contributed by atoms with Crippen molar-refractivity contribution < 1.29 is 22.7 Å². The van der Waals surface area contributed by atoms with E-state index in [1.165, 1.54) is 6.08 Å². The van der Waals surface area contributed by atoms with Gasteiger partial charge in [0.25, 0.3) is 5.91 Å². The molecule has 0 aromatic heterocycles. The van der Waals surface area contributed by atoms with Crippen LogP contribution in [0.5, 0.6) is 0 Å². The first-order chi connectivity index (χ1) is 13.5. The van der Waals surface area contributed by atoms with Gasteiger partial charge in [-0.1, -0.05) is 60.7 Å². The number of rotatable bonds is 8. The van der Waals surface area contributed by atoms with Gasteiger partial charge in [-0.05, 0) is 18.1 Å². The Labute approximate surface area is 165 Å². The van der Waals surface area contributed by atoms with Gasteiger partial charge in [0, 0.05) is 11.8 Å². The van der Waals surface area contributed by atoms with Gasteiger partial charge in [0.2, 0.25) is 0 Å². The number of carbonyl (C=O) groups is 1. The minimum absolute atomic E-state index is 0.192. The largest absolute Gasteiger partial charge is 0.355 e. The first kappa shape index (κ1) is 20.1. The van der Waals surface area contributed by atoms with E-state index in [1.54, 1.807) is 6.92 Å². The van der Waals surface area contributed by atoms with Gasteiger partial charge >= 0.3 is 10.2 Å². The molecule has 0 saturated heterocycles. The van der Waals surface area contributed by atoms with Crippen LogP contribution < -0.4 is 0 Å². The van der Waals surface area contributed by atoms with E-state index in [9.17, 15) is 13.2 Å². The second-order valence-corrected chi connectivity index (χ2v) is 8.03. The van der Waals surface area contributed by atoms with Crippen molar-refractivity contribution in [2.75, 3.05) is 13.5 Å². The molecule has 1 aliphatic heterocycles. The van der Waals surface area contributed by atoms with Crippen LogP contribution in [0.25, 0.3) is 0 Å². The fourth-order valence-electron chi connectivity index (χ4n) is 2.68. The van der Waals surface area contributed by atoms with Crippen molar-refractivity contribution in [1.29, 1.82) is 0 Å². The van der Waals surface area contributed by atoms with Gasteiger partial charge in [0.1, 0.15) is 13.5 Å². The third-order valence-corrected chi connectivity index (χ3v) is 5.96. The Balaban J connectivity index is 1.62. The van der Waals surface area contributed by atoms with Crippen molar-refractivity contribution in [2.45, 2.75) is 20.1 Å². The summed E-state index contributed by atoms with van der Waals surface area (Å²) in [6.45, 7) is 1.46. The predicted molar refractivity (Wildman–Crippen MR) is 104 cm³/mol. The summed E-state index contributed by atoms with van der Waals surface area (Å²) >= 11 is 0. The molecule has 0 saturated carbocycles. The molecule has 0 N–H and O–H groups in total. The highest BCUT2D eigenvalue weighted by Crippen LogP contribution is 2.22. The third kappa shape index (κ3) is 4.78. The lowest BCUT2D eigenvalue weighted by Gasteiger charge is -2.34. The molecule has 0 radical (unpaired) electrons. The molecule has 1 aliphatic rings. The van der Waals surface area contributed by atoms with Crippen LogP contribution >= 0.6 is 0 Å². The van der Waals surface area contributed by atoms with E-state index >= 15 is 0 Å². The van der Waals surface area contributed by atoms with Crippen LogP contribution in [0, 0.1) is 0 Å². The SMILES string of the molecule is CC1=CC(=O)N(COCc2ccccc2)S(=O)(=O)N1COCc1ccccc1. The quantitative estimate of drug-likeness (QED) is 0.678. The summed E-state index contributed by atoms with van der Waals surface area (Å²) in [5.41, 5.74) is 2.12. The maximum absolute atomic E-state index is 12.8. The molecule has 1 heterocycles. The maximum Gasteiger partial charge on any atom is 0.332 e. The summed E-state index contributed by atoms with van der Waals surface area (Å²) in [5.74, 6) is -0.634. The zero-order valence-corrected chi connectivity index (χ0v) is 16.3. The topological polar surface area (TPSA) is 76.2 Å². The lowest BCUT2D eigenvalue weighted by Crippen LogP contribution is -2.50. The van der Waals surface area contributed by atoms with Gasteiger partial charge in [-0.15, -0.1) is 0 Å². The second kappa shape index (κ2) is 9.01. The molecule has 28 heavy (non-hydrogen) atoms. The monoisotopic (exact) mass is 402 g/mol. The Morgan fingerprint density at radius 3 is 1.75 bits per heavy atom. The number of benzene rings is 2. The molecular formula is C20H22N2O5S. The van der Waals surface area contributed by atoms with E-state index in [1.807, 2.05) is 60.7 Å². The summed E-state index contributed by atoms with van der Waals surface area (Å²) in [6, 6.07) is 18.8. The first-order valence-electron chi connectivity index (χ1n) is 8.74. The Morgan fingerprint density at radius 1 is 0.786 bits per heavy atom. The Bertz CT molecular complexity index is 930. The number of amides is 1. The van der Waals surface area contributed by atoms with Gasteiger partial charge in [-0.2, -0.15) is 12.7 Å². The lowest BCUT2D eigenvalue weighted by atomic mass is 10.2. The van der Waals surface area contributed by atoms with Crippen LogP contribution in [0.3, 0.4) is 0 Å². The van der Waals surface area contributed by atoms with Crippen LogP contribution in [0.15, 0.2) is 72.4 Å². The summed E-state index contributed by atoms with van der Waals surface area (Å²) in [6.07, 6.45) is 1.26. The van der Waals surface area contributed by atoms with Crippen LogP contribution in [-0.2, 0) is 37.7 Å². The van der Waals surface area contributed by atoms with Gasteiger partial charge in [0.15, 0.2) is 0 Å². The highest BCUT2D eigenvalue weighted by molar-refractivity contribution is 7.87. The number of hydrogen-bond acceptors (Lipinski definition) is 5. The van der Waals surface area contributed by atoms with Crippen LogP contribution in [0.2, 0.25) is 0 Å². The fraction of sp³-hybridized carbons (Fsp3) is 0.250. The molecule has 2 aromatic carbocycles. The van der Waals surface area contributed by atoms with E-state index in [2.05, 4.69) is 0 Å². The van der Waals surface area contributed by atoms with Gasteiger partial charge in [0.05, 0.1) is 13.2 Å². The molecule has 0 bridgehead atoms. The minimum atomic E-state index is -4.07. The molecule has 1 amide bonds. The van der Waals surface area contributed by atoms with Gasteiger partial charge in [-0.25, -0.2) is 4.31 Å². The molecule has 148 valence electrons. The summed E-state index contributed by atoms with van der Waals surface area (Å²) in [4.78, 5) is 12.2. The molecule has 0 unspecified atom stereocenters. The summed E-state index contributed by atoms with van der Waals surface area (Å²) in [7, 11) is -4.07. The molecule has 3 rings (SSSR count). The van der Waals surface area contributed by atoms with Crippen molar-refractivity contribution in [3.63, 3.8) is 0 Å². The van der Waals surface area contributed by atoms with Gasteiger partial charge < -0.3 is 9.47 Å². The first-order valence-corrected chi connectivity index (χ1v) is 10.1. The van der Waals surface area contributed by atoms with E-state index in [-0.39, 0.29) is 26.7 Å². The number of ether oxygens (including phenoxy) is 2. The number of allylic oxidation sites excluding steroid dienone is 1. The maximum atomic E-state index is 12.8. The highest BCUT2D eigenvalue weighted by Gasteiger charge is 2.37. The zero-order chi connectivity index (χ0) is 20.0. The van der Waals surface area contributed by atoms with Crippen molar-refractivity contribution in [3.8, 4) is 0 Å². The summed E-state index contributed by atoms with van der Waals surface area (Å²) in [5, 5.41) is 0. The second-order valence-electron chi connectivity index (χ2n) is 6.26. The molecular weight excluding hydrogens is 380 g/mol. The Morgan fingerprint density at radius 2 is 1.25 bits per heavy atom. The van der Waals surface area contributed by atoms with E-state index in [0.29, 0.717) is 10.0 Å². The smallest absolute Gasteiger partial charge is 0.332 e. The number of nitrogens with zero attached hydrogens (tertiary/aromatic N) is 2. The van der Waals surface area contributed by atoms with E-state index in [4.69, 9.17) is 9.47 Å². The van der Waals surface area contributed by atoms with Gasteiger partial charge in [-0.3, -0.25) is 4.79 Å². The third-order valence-electron chi connectivity index (χ3n) is 4.17.